The summed E-state index contributed by atoms with van der Waals surface area (Å²) in [5, 5.41) is 2.95. The molecule has 2 nitrogen and oxygen atoms in total. The Balaban J connectivity index is 2.40. The molecule has 1 aromatic rings. The van der Waals surface area contributed by atoms with E-state index in [-0.39, 0.29) is 30.2 Å². The number of thioether (sulfide) groups is 1. The molecule has 0 spiro atoms. The number of benzene rings is 1. The monoisotopic (exact) mass is 293 g/mol. The molecule has 1 N–H and O–H groups in total. The van der Waals surface area contributed by atoms with Gasteiger partial charge in [-0.25, -0.2) is 0 Å². The van der Waals surface area contributed by atoms with Gasteiger partial charge in [0.1, 0.15) is 5.75 Å². The standard InChI is InChI=1S/C13H18F3NOS/c1-3-10(2)18-12-6-4-5-11(9-12)17-7-8-19-13(14,15)16/h4-6,9-10,17H,3,7-8H2,1-2H3. The van der Waals surface area contributed by atoms with Crippen molar-refractivity contribution in [1.82, 2.24) is 0 Å². The molecule has 19 heavy (non-hydrogen) atoms. The first kappa shape index (κ1) is 16.0. The van der Waals surface area contributed by atoms with Crippen molar-refractivity contribution in [3.8, 4) is 5.75 Å². The largest absolute Gasteiger partial charge is 0.491 e. The summed E-state index contributed by atoms with van der Waals surface area (Å²) >= 11 is -0.0225. The van der Waals surface area contributed by atoms with Crippen molar-refractivity contribution < 1.29 is 17.9 Å². The Kier molecular flexibility index (Phi) is 6.34. The lowest BCUT2D eigenvalue weighted by atomic mass is 10.3. The maximum Gasteiger partial charge on any atom is 0.441 e. The zero-order valence-electron chi connectivity index (χ0n) is 11.0. The summed E-state index contributed by atoms with van der Waals surface area (Å²) in [6.45, 7) is 4.26. The number of anilines is 1. The van der Waals surface area contributed by atoms with E-state index in [4.69, 9.17) is 4.74 Å². The zero-order valence-corrected chi connectivity index (χ0v) is 11.8. The van der Waals surface area contributed by atoms with Gasteiger partial charge in [0, 0.05) is 24.1 Å². The molecule has 108 valence electrons. The number of ether oxygens (including phenoxy) is 1. The fourth-order valence-electron chi connectivity index (χ4n) is 1.36. The van der Waals surface area contributed by atoms with Crippen molar-refractivity contribution >= 4 is 17.4 Å². The van der Waals surface area contributed by atoms with Crippen LogP contribution in [0.5, 0.6) is 5.75 Å². The smallest absolute Gasteiger partial charge is 0.441 e. The first-order valence-corrected chi connectivity index (χ1v) is 7.10. The number of nitrogens with one attached hydrogen (secondary N) is 1. The third kappa shape index (κ3) is 7.20. The quantitative estimate of drug-likeness (QED) is 0.746. The molecule has 1 aromatic carbocycles. The van der Waals surface area contributed by atoms with E-state index in [0.29, 0.717) is 0 Å². The summed E-state index contributed by atoms with van der Waals surface area (Å²) in [5.74, 6) is 0.711. The van der Waals surface area contributed by atoms with Crippen molar-refractivity contribution in [2.75, 3.05) is 17.6 Å². The second-order valence-electron chi connectivity index (χ2n) is 4.09. The Morgan fingerprint density at radius 2 is 2.11 bits per heavy atom. The predicted octanol–water partition coefficient (Wildman–Crippen LogP) is 4.53. The molecule has 1 rings (SSSR count). The van der Waals surface area contributed by atoms with Crippen LogP contribution in [0.4, 0.5) is 18.9 Å². The van der Waals surface area contributed by atoms with E-state index in [1.54, 1.807) is 6.07 Å². The lowest BCUT2D eigenvalue weighted by Gasteiger charge is -2.14. The van der Waals surface area contributed by atoms with Gasteiger partial charge >= 0.3 is 5.51 Å². The lowest BCUT2D eigenvalue weighted by molar-refractivity contribution is -0.0327. The van der Waals surface area contributed by atoms with E-state index < -0.39 is 5.51 Å². The highest BCUT2D eigenvalue weighted by Gasteiger charge is 2.27. The zero-order chi connectivity index (χ0) is 14.3. The van der Waals surface area contributed by atoms with Crippen LogP contribution in [0.25, 0.3) is 0 Å². The van der Waals surface area contributed by atoms with Crippen LogP contribution < -0.4 is 10.1 Å². The summed E-state index contributed by atoms with van der Waals surface area (Å²) < 4.78 is 41.5. The van der Waals surface area contributed by atoms with Crippen LogP contribution in [0.3, 0.4) is 0 Å². The van der Waals surface area contributed by atoms with Crippen LogP contribution >= 0.6 is 11.8 Å². The van der Waals surface area contributed by atoms with Gasteiger partial charge in [-0.15, -0.1) is 0 Å². The van der Waals surface area contributed by atoms with Crippen LogP contribution in [-0.2, 0) is 0 Å². The van der Waals surface area contributed by atoms with E-state index >= 15 is 0 Å². The van der Waals surface area contributed by atoms with Gasteiger partial charge in [0.2, 0.25) is 0 Å². The second-order valence-corrected chi connectivity index (χ2v) is 5.25. The molecule has 0 saturated carbocycles. The first-order chi connectivity index (χ1) is 8.90. The lowest BCUT2D eigenvalue weighted by Crippen LogP contribution is -2.11. The number of hydrogen-bond donors (Lipinski definition) is 1. The molecule has 0 aliphatic heterocycles. The average molecular weight is 293 g/mol. The van der Waals surface area contributed by atoms with Crippen LogP contribution in [0.15, 0.2) is 24.3 Å². The molecule has 1 atom stereocenters. The topological polar surface area (TPSA) is 21.3 Å². The molecule has 0 saturated heterocycles. The Bertz CT molecular complexity index is 384. The second kappa shape index (κ2) is 7.53. The minimum atomic E-state index is -4.16. The third-order valence-corrected chi connectivity index (χ3v) is 3.18. The van der Waals surface area contributed by atoms with E-state index in [1.165, 1.54) is 0 Å². The van der Waals surface area contributed by atoms with Gasteiger partial charge in [0.05, 0.1) is 6.10 Å². The summed E-state index contributed by atoms with van der Waals surface area (Å²) in [6.07, 6.45) is 1.02. The number of halogens is 3. The van der Waals surface area contributed by atoms with Crippen molar-refractivity contribution in [3.63, 3.8) is 0 Å². The molecule has 0 amide bonds. The van der Waals surface area contributed by atoms with Gasteiger partial charge in [-0.05, 0) is 37.2 Å². The molecule has 0 aliphatic carbocycles. The SMILES string of the molecule is CCC(C)Oc1cccc(NCCSC(F)(F)F)c1. The van der Waals surface area contributed by atoms with E-state index in [0.717, 1.165) is 17.9 Å². The first-order valence-electron chi connectivity index (χ1n) is 6.12. The average Bonchev–Trinajstić information content (AvgIpc) is 2.34. The summed E-state index contributed by atoms with van der Waals surface area (Å²) in [5.41, 5.74) is -3.40. The highest BCUT2D eigenvalue weighted by molar-refractivity contribution is 8.00. The van der Waals surface area contributed by atoms with Crippen LogP contribution in [-0.4, -0.2) is 23.9 Å². The molecule has 0 bridgehead atoms. The maximum atomic E-state index is 11.9. The van der Waals surface area contributed by atoms with Gasteiger partial charge in [-0.3, -0.25) is 0 Å². The van der Waals surface area contributed by atoms with Crippen LogP contribution in [0.2, 0.25) is 0 Å². The number of hydrogen-bond acceptors (Lipinski definition) is 3. The highest BCUT2D eigenvalue weighted by Crippen LogP contribution is 2.29. The Hall–Kier alpha value is -1.04. The van der Waals surface area contributed by atoms with Crippen molar-refractivity contribution in [2.24, 2.45) is 0 Å². The van der Waals surface area contributed by atoms with Crippen molar-refractivity contribution in [2.45, 2.75) is 31.9 Å². The molecule has 0 fully saturated rings. The Morgan fingerprint density at radius 1 is 1.37 bits per heavy atom. The van der Waals surface area contributed by atoms with Gasteiger partial charge < -0.3 is 10.1 Å². The predicted molar refractivity (Wildman–Crippen MR) is 73.8 cm³/mol. The molecular weight excluding hydrogens is 275 g/mol. The van der Waals surface area contributed by atoms with Gasteiger partial charge in [-0.1, -0.05) is 13.0 Å². The minimum absolute atomic E-state index is 0.0139. The van der Waals surface area contributed by atoms with Crippen LogP contribution in [0.1, 0.15) is 20.3 Å². The van der Waals surface area contributed by atoms with Gasteiger partial charge in [0.25, 0.3) is 0 Å². The highest BCUT2D eigenvalue weighted by atomic mass is 32.2. The van der Waals surface area contributed by atoms with E-state index in [2.05, 4.69) is 5.32 Å². The minimum Gasteiger partial charge on any atom is -0.491 e. The number of rotatable bonds is 7. The van der Waals surface area contributed by atoms with Crippen molar-refractivity contribution in [3.05, 3.63) is 24.3 Å². The van der Waals surface area contributed by atoms with Crippen LogP contribution in [0, 0.1) is 0 Å². The van der Waals surface area contributed by atoms with Gasteiger partial charge in [0.15, 0.2) is 0 Å². The molecular formula is C13H18F3NOS. The summed E-state index contributed by atoms with van der Waals surface area (Å²) in [7, 11) is 0. The molecule has 0 aromatic heterocycles. The van der Waals surface area contributed by atoms with E-state index in [9.17, 15) is 13.2 Å². The Morgan fingerprint density at radius 3 is 2.74 bits per heavy atom. The van der Waals surface area contributed by atoms with Gasteiger partial charge in [-0.2, -0.15) is 13.2 Å². The fourth-order valence-corrected chi connectivity index (χ4v) is 1.79. The van der Waals surface area contributed by atoms with Crippen molar-refractivity contribution in [1.29, 1.82) is 0 Å². The Labute approximate surface area is 115 Å². The maximum absolute atomic E-state index is 11.9. The normalized spacial score (nSPS) is 13.1. The summed E-state index contributed by atoms with van der Waals surface area (Å²) in [6, 6.07) is 7.25. The molecule has 6 heteroatoms. The molecule has 1 unspecified atom stereocenters. The molecule has 0 radical (unpaired) electrons. The fraction of sp³-hybridized carbons (Fsp3) is 0.538. The molecule has 0 aliphatic rings. The third-order valence-electron chi connectivity index (χ3n) is 2.44. The number of alkyl halides is 3. The van der Waals surface area contributed by atoms with E-state index in [1.807, 2.05) is 32.0 Å². The molecule has 0 heterocycles. The summed E-state index contributed by atoms with van der Waals surface area (Å²) in [4.78, 5) is 0.